The molecule has 0 bridgehead atoms. The Labute approximate surface area is 96.9 Å². The first-order valence-corrected chi connectivity index (χ1v) is 2.19. The van der Waals surface area contributed by atoms with Gasteiger partial charge in [-0.1, -0.05) is 0 Å². The van der Waals surface area contributed by atoms with Crippen LogP contribution in [-0.4, -0.2) is 71.3 Å². The first-order chi connectivity index (χ1) is 4.86. The summed E-state index contributed by atoms with van der Waals surface area (Å²) in [6.45, 7) is 1.02. The van der Waals surface area contributed by atoms with E-state index in [1.54, 1.807) is 0 Å². The topological polar surface area (TPSA) is 121 Å². The van der Waals surface area contributed by atoms with Crippen LogP contribution < -0.4 is 0 Å². The van der Waals surface area contributed by atoms with Gasteiger partial charge in [0.05, 0.1) is 0 Å². The van der Waals surface area contributed by atoms with Gasteiger partial charge in [0.25, 0.3) is 0 Å². The van der Waals surface area contributed by atoms with E-state index in [2.05, 4.69) is 4.74 Å². The minimum absolute atomic E-state index is 0. The predicted octanol–water partition coefficient (Wildman–Crippen LogP) is -0.466. The quantitative estimate of drug-likeness (QED) is 0.279. The number of carbonyl (C=O) groups excluding carboxylic acids is 1. The van der Waals surface area contributed by atoms with Crippen molar-refractivity contribution in [3.05, 3.63) is 0 Å². The number of carbonyl (C=O) groups is 3. The zero-order valence-electron chi connectivity index (χ0n) is 5.47. The van der Waals surface area contributed by atoms with Gasteiger partial charge < -0.3 is 20.1 Å². The Morgan fingerprint density at radius 3 is 1.33 bits per heavy atom. The van der Waals surface area contributed by atoms with Crippen molar-refractivity contribution < 1.29 is 34.4 Å². The van der Waals surface area contributed by atoms with Gasteiger partial charge in [-0.2, -0.15) is 0 Å². The summed E-state index contributed by atoms with van der Waals surface area (Å²) in [5, 5.41) is 21.6. The average molecular weight is 208 g/mol. The van der Waals surface area contributed by atoms with Crippen molar-refractivity contribution in [2.75, 3.05) is 0 Å². The van der Waals surface area contributed by atoms with E-state index in [0.29, 0.717) is 0 Å². The van der Waals surface area contributed by atoms with Crippen LogP contribution in [0.15, 0.2) is 0 Å². The number of carboxylic acid groups (broad SMARTS) is 3. The molecule has 68 valence electrons. The zero-order chi connectivity index (χ0) is 9.44. The Kier molecular flexibility index (Phi) is 15.3. The molecule has 8 heteroatoms. The fraction of sp³-hybridized carbons (Fsp3) is 0.250. The Morgan fingerprint density at radius 1 is 1.08 bits per heavy atom. The first kappa shape index (κ1) is 17.5. The van der Waals surface area contributed by atoms with Gasteiger partial charge in [-0.05, 0) is 0 Å². The first-order valence-electron chi connectivity index (χ1n) is 2.19. The summed E-state index contributed by atoms with van der Waals surface area (Å²) in [4.78, 5) is 27.6. The van der Waals surface area contributed by atoms with Crippen LogP contribution in [0.25, 0.3) is 0 Å². The maximum absolute atomic E-state index is 9.65. The van der Waals surface area contributed by atoms with Crippen LogP contribution >= 0.6 is 0 Å². The Morgan fingerprint density at radius 2 is 1.33 bits per heavy atom. The van der Waals surface area contributed by atoms with Crippen LogP contribution in [-0.2, 0) is 9.53 Å². The summed E-state index contributed by atoms with van der Waals surface area (Å²) >= 11 is 0. The van der Waals surface area contributed by atoms with Crippen LogP contribution in [0.5, 0.6) is 0 Å². The standard InChI is InChI=1S/C3H4O4.CH2O3.Ca.2H/c1-2(4)7-3(5)6;2-1(3)4;;;/h1H3,(H,5,6);(H2,2,3,4);;;. The van der Waals surface area contributed by atoms with E-state index in [1.165, 1.54) is 0 Å². The Balaban J connectivity index is -0.000000142. The molecule has 0 aromatic rings. The molecule has 0 saturated heterocycles. The van der Waals surface area contributed by atoms with Crippen molar-refractivity contribution in [2.24, 2.45) is 0 Å². The third kappa shape index (κ3) is 56.4. The second-order valence-electron chi connectivity index (χ2n) is 1.14. The molecule has 0 saturated carbocycles. The number of esters is 1. The van der Waals surface area contributed by atoms with Crippen molar-refractivity contribution in [3.63, 3.8) is 0 Å². The summed E-state index contributed by atoms with van der Waals surface area (Å²) < 4.78 is 3.53. The van der Waals surface area contributed by atoms with Crippen LogP contribution in [0.3, 0.4) is 0 Å². The molecule has 12 heavy (non-hydrogen) atoms. The van der Waals surface area contributed by atoms with Crippen molar-refractivity contribution in [3.8, 4) is 0 Å². The molecule has 0 aromatic carbocycles. The van der Waals surface area contributed by atoms with Gasteiger partial charge in [0, 0.05) is 6.92 Å². The molecule has 0 fully saturated rings. The molecule has 0 spiro atoms. The molecule has 7 nitrogen and oxygen atoms in total. The third-order valence-corrected chi connectivity index (χ3v) is 0.231. The molecule has 0 amide bonds. The van der Waals surface area contributed by atoms with Crippen molar-refractivity contribution >= 4 is 56.0 Å². The Bertz CT molecular complexity index is 149. The summed E-state index contributed by atoms with van der Waals surface area (Å²) in [6, 6.07) is 0. The summed E-state index contributed by atoms with van der Waals surface area (Å²) in [6.07, 6.45) is -3.40. The van der Waals surface area contributed by atoms with Crippen molar-refractivity contribution in [2.45, 2.75) is 6.92 Å². The molecular weight excluding hydrogens is 200 g/mol. The van der Waals surface area contributed by atoms with Gasteiger partial charge >= 0.3 is 56.0 Å². The zero-order valence-corrected chi connectivity index (χ0v) is 5.47. The molecule has 0 atom stereocenters. The van der Waals surface area contributed by atoms with Gasteiger partial charge in [-0.3, -0.25) is 4.79 Å². The van der Waals surface area contributed by atoms with E-state index >= 15 is 0 Å². The molecule has 0 unspecified atom stereocenters. The second-order valence-corrected chi connectivity index (χ2v) is 1.14. The van der Waals surface area contributed by atoms with E-state index in [1.807, 2.05) is 0 Å². The molecule has 0 radical (unpaired) electrons. The Hall–Kier alpha value is -0.530. The summed E-state index contributed by atoms with van der Waals surface area (Å²) in [5.41, 5.74) is 0. The van der Waals surface area contributed by atoms with E-state index < -0.39 is 18.3 Å². The minimum atomic E-state index is -1.83. The van der Waals surface area contributed by atoms with Crippen LogP contribution in [0.4, 0.5) is 9.59 Å². The molecule has 0 aliphatic rings. The van der Waals surface area contributed by atoms with E-state index in [-0.39, 0.29) is 37.7 Å². The third-order valence-electron chi connectivity index (χ3n) is 0.231. The van der Waals surface area contributed by atoms with Crippen LogP contribution in [0.2, 0.25) is 0 Å². The van der Waals surface area contributed by atoms with E-state index in [9.17, 15) is 9.59 Å². The average Bonchev–Trinajstić information content (AvgIpc) is 1.56. The number of ether oxygens (including phenoxy) is 1. The second kappa shape index (κ2) is 10.5. The van der Waals surface area contributed by atoms with Gasteiger partial charge in [0.2, 0.25) is 0 Å². The van der Waals surface area contributed by atoms with Gasteiger partial charge in [-0.25, -0.2) is 9.59 Å². The fourth-order valence-electron chi connectivity index (χ4n) is 0.123. The molecule has 0 rings (SSSR count). The number of rotatable bonds is 0. The van der Waals surface area contributed by atoms with Crippen molar-refractivity contribution in [1.29, 1.82) is 0 Å². The van der Waals surface area contributed by atoms with Gasteiger partial charge in [-0.15, -0.1) is 0 Å². The van der Waals surface area contributed by atoms with E-state index in [0.717, 1.165) is 6.92 Å². The normalized spacial score (nSPS) is 6.42. The molecule has 0 aliphatic heterocycles. The molecular formula is C4H8CaO7. The molecule has 0 aromatic heterocycles. The molecule has 0 heterocycles. The monoisotopic (exact) mass is 208 g/mol. The number of hydrogen-bond donors (Lipinski definition) is 3. The van der Waals surface area contributed by atoms with Gasteiger partial charge in [0.1, 0.15) is 0 Å². The summed E-state index contributed by atoms with van der Waals surface area (Å²) in [7, 11) is 0. The number of hydrogen-bond acceptors (Lipinski definition) is 4. The molecule has 0 aliphatic carbocycles. The predicted molar refractivity (Wildman–Crippen MR) is 39.0 cm³/mol. The SMILES string of the molecule is CC(=O)OC(=O)O.O=C(O)O.[CaH2]. The van der Waals surface area contributed by atoms with Gasteiger partial charge in [0.15, 0.2) is 0 Å². The van der Waals surface area contributed by atoms with Crippen LogP contribution in [0.1, 0.15) is 6.92 Å². The van der Waals surface area contributed by atoms with Crippen LogP contribution in [0, 0.1) is 0 Å². The maximum atomic E-state index is 9.65. The fourth-order valence-corrected chi connectivity index (χ4v) is 0.123. The summed E-state index contributed by atoms with van der Waals surface area (Å²) in [5.74, 6) is -0.812. The van der Waals surface area contributed by atoms with Crippen molar-refractivity contribution in [1.82, 2.24) is 0 Å². The molecule has 3 N–H and O–H groups in total. The van der Waals surface area contributed by atoms with E-state index in [4.69, 9.17) is 20.1 Å².